The van der Waals surface area contributed by atoms with Crippen molar-refractivity contribution >= 4 is 0 Å². The number of hydrazine groups is 1. The molecule has 0 fully saturated rings. The van der Waals surface area contributed by atoms with Crippen molar-refractivity contribution in [3.63, 3.8) is 0 Å². The number of hydrogen-bond donors (Lipinski definition) is 3. The molecule has 0 aliphatic carbocycles. The Morgan fingerprint density at radius 2 is 1.75 bits per heavy atom. The fourth-order valence-corrected chi connectivity index (χ4v) is 1.70. The van der Waals surface area contributed by atoms with E-state index in [4.69, 9.17) is 0 Å². The van der Waals surface area contributed by atoms with E-state index in [0.717, 1.165) is 11.1 Å². The van der Waals surface area contributed by atoms with Crippen LogP contribution in [0.1, 0.15) is 0 Å². The Balaban J connectivity index is 3.21. The molecule has 0 bridgehead atoms. The van der Waals surface area contributed by atoms with Gasteiger partial charge in [0.1, 0.15) is 11.4 Å². The number of likely N-dealkylation sites (N-methyl/N-ethyl adjacent to an activating group) is 2. The molecule has 0 amide bonds. The highest BCUT2D eigenvalue weighted by molar-refractivity contribution is 5.37. The lowest BCUT2D eigenvalue weighted by Gasteiger charge is -2.31. The summed E-state index contributed by atoms with van der Waals surface area (Å²) in [6.45, 7) is 3.65. The predicted molar refractivity (Wildman–Crippen MR) is 55.0 cm³/mol. The van der Waals surface area contributed by atoms with E-state index in [9.17, 15) is 13.2 Å². The second-order valence-electron chi connectivity index (χ2n) is 3.34. The lowest BCUT2D eigenvalue weighted by molar-refractivity contribution is -0.110. The van der Waals surface area contributed by atoms with Crippen LogP contribution in [0.2, 0.25) is 0 Å². The largest absolute Gasteiger partial charge is 0.432 e. The van der Waals surface area contributed by atoms with Gasteiger partial charge in [0, 0.05) is 7.05 Å². The summed E-state index contributed by atoms with van der Waals surface area (Å²) < 4.78 is 38.2. The van der Waals surface area contributed by atoms with Crippen LogP contribution < -0.4 is 16.1 Å². The van der Waals surface area contributed by atoms with Crippen LogP contribution in [0.3, 0.4) is 0 Å². The van der Waals surface area contributed by atoms with Gasteiger partial charge >= 0.3 is 6.18 Å². The molecule has 0 aromatic rings. The van der Waals surface area contributed by atoms with E-state index in [1.165, 1.54) is 7.05 Å². The molecule has 0 aromatic heterocycles. The van der Waals surface area contributed by atoms with Gasteiger partial charge in [-0.1, -0.05) is 6.58 Å². The van der Waals surface area contributed by atoms with Crippen molar-refractivity contribution in [2.45, 2.75) is 11.8 Å². The second-order valence-corrected chi connectivity index (χ2v) is 3.34. The fourth-order valence-electron chi connectivity index (χ4n) is 1.70. The number of hydrogen-bond acceptors (Lipinski definition) is 4. The molecule has 0 spiro atoms. The molecule has 0 atom stereocenters. The van der Waals surface area contributed by atoms with Crippen LogP contribution in [0.15, 0.2) is 24.0 Å². The Morgan fingerprint density at radius 3 is 2.00 bits per heavy atom. The van der Waals surface area contributed by atoms with Crippen molar-refractivity contribution in [3.8, 4) is 0 Å². The third-order valence-corrected chi connectivity index (χ3v) is 2.62. The van der Waals surface area contributed by atoms with E-state index in [1.54, 1.807) is 14.1 Å². The molecule has 0 saturated heterocycles. The zero-order valence-corrected chi connectivity index (χ0v) is 9.37. The highest BCUT2D eigenvalue weighted by atomic mass is 19.4. The van der Waals surface area contributed by atoms with Gasteiger partial charge in [-0.15, -0.1) is 0 Å². The number of nitrogens with zero attached hydrogens (tertiary/aromatic N) is 1. The summed E-state index contributed by atoms with van der Waals surface area (Å²) in [5.74, 6) is 0. The van der Waals surface area contributed by atoms with Crippen LogP contribution in [0, 0.1) is 0 Å². The van der Waals surface area contributed by atoms with Crippen LogP contribution in [0.5, 0.6) is 0 Å². The first-order chi connectivity index (χ1) is 7.32. The third kappa shape index (κ3) is 1.81. The number of rotatable bonds is 3. The van der Waals surface area contributed by atoms with Gasteiger partial charge in [-0.2, -0.15) is 13.2 Å². The lowest BCUT2D eigenvalue weighted by Crippen LogP contribution is -2.54. The van der Waals surface area contributed by atoms with Crippen molar-refractivity contribution < 1.29 is 13.2 Å². The normalized spacial score (nSPS) is 20.2. The zero-order chi connectivity index (χ0) is 12.6. The number of halogens is 3. The summed E-state index contributed by atoms with van der Waals surface area (Å²) in [7, 11) is 4.53. The molecule has 4 nitrogen and oxygen atoms in total. The van der Waals surface area contributed by atoms with Crippen LogP contribution in [0.25, 0.3) is 0 Å². The fraction of sp³-hybridized carbons (Fsp3) is 0.556. The first kappa shape index (κ1) is 13.0. The highest BCUT2D eigenvalue weighted by Gasteiger charge is 2.49. The molecule has 0 saturated carbocycles. The lowest BCUT2D eigenvalue weighted by atomic mass is 10.1. The molecule has 0 radical (unpaired) electrons. The topological polar surface area (TPSA) is 39.3 Å². The first-order valence-corrected chi connectivity index (χ1v) is 4.67. The SMILES string of the molecule is C=C1N(NC)C(C(F)(F)F)=CC1(NC)NC. The summed E-state index contributed by atoms with van der Waals surface area (Å²) in [6.07, 6.45) is -3.37. The molecule has 16 heavy (non-hydrogen) atoms. The van der Waals surface area contributed by atoms with Crippen molar-refractivity contribution in [2.75, 3.05) is 21.1 Å². The van der Waals surface area contributed by atoms with E-state index in [1.807, 2.05) is 0 Å². The van der Waals surface area contributed by atoms with Crippen LogP contribution in [0.4, 0.5) is 13.2 Å². The highest BCUT2D eigenvalue weighted by Crippen LogP contribution is 2.38. The molecule has 3 N–H and O–H groups in total. The zero-order valence-electron chi connectivity index (χ0n) is 9.37. The van der Waals surface area contributed by atoms with Crippen LogP contribution in [-0.2, 0) is 0 Å². The number of alkyl halides is 3. The molecule has 1 rings (SSSR count). The minimum absolute atomic E-state index is 0.243. The van der Waals surface area contributed by atoms with E-state index in [0.29, 0.717) is 0 Å². The van der Waals surface area contributed by atoms with Crippen molar-refractivity contribution in [1.82, 2.24) is 21.1 Å². The molecular weight excluding hydrogens is 221 g/mol. The molecule has 0 unspecified atom stereocenters. The number of allylic oxidation sites excluding steroid dienone is 1. The average molecular weight is 236 g/mol. The van der Waals surface area contributed by atoms with E-state index in [-0.39, 0.29) is 5.70 Å². The Labute approximate surface area is 92.1 Å². The van der Waals surface area contributed by atoms with Gasteiger partial charge in [0.25, 0.3) is 0 Å². The van der Waals surface area contributed by atoms with Crippen LogP contribution in [-0.4, -0.2) is 38.0 Å². The summed E-state index contributed by atoms with van der Waals surface area (Å²) in [6, 6.07) is 0. The smallest absolute Gasteiger partial charge is 0.294 e. The second kappa shape index (κ2) is 4.08. The first-order valence-electron chi connectivity index (χ1n) is 4.67. The van der Waals surface area contributed by atoms with Crippen molar-refractivity contribution in [3.05, 3.63) is 24.0 Å². The maximum atomic E-state index is 12.7. The van der Waals surface area contributed by atoms with Gasteiger partial charge in [-0.25, -0.2) is 5.43 Å². The molecule has 1 aliphatic heterocycles. The van der Waals surface area contributed by atoms with E-state index in [2.05, 4.69) is 22.6 Å². The minimum atomic E-state index is -4.43. The number of nitrogens with one attached hydrogen (secondary N) is 3. The maximum Gasteiger partial charge on any atom is 0.432 e. The van der Waals surface area contributed by atoms with E-state index < -0.39 is 17.5 Å². The van der Waals surface area contributed by atoms with Gasteiger partial charge in [0.05, 0.1) is 5.70 Å². The summed E-state index contributed by atoms with van der Waals surface area (Å²) in [5.41, 5.74) is 0.838. The summed E-state index contributed by atoms with van der Waals surface area (Å²) >= 11 is 0. The van der Waals surface area contributed by atoms with Crippen molar-refractivity contribution in [2.24, 2.45) is 0 Å². The Kier molecular flexibility index (Phi) is 3.32. The van der Waals surface area contributed by atoms with Gasteiger partial charge in [0.2, 0.25) is 0 Å². The molecule has 1 aliphatic rings. The standard InChI is InChI=1S/C9H15F3N4/c1-6-8(13-2,14-3)5-7(9(10,11)12)16(6)15-4/h5,13-15H,1H2,2-4H3. The molecular formula is C9H15F3N4. The van der Waals surface area contributed by atoms with Crippen LogP contribution >= 0.6 is 0 Å². The summed E-state index contributed by atoms with van der Waals surface area (Å²) in [4.78, 5) is 0. The predicted octanol–water partition coefficient (Wildman–Crippen LogP) is 0.531. The summed E-state index contributed by atoms with van der Waals surface area (Å²) in [5, 5.41) is 6.46. The third-order valence-electron chi connectivity index (χ3n) is 2.62. The van der Waals surface area contributed by atoms with E-state index >= 15 is 0 Å². The van der Waals surface area contributed by atoms with Gasteiger partial charge < -0.3 is 0 Å². The molecule has 1 heterocycles. The Bertz CT molecular complexity index is 317. The Morgan fingerprint density at radius 1 is 1.25 bits per heavy atom. The quantitative estimate of drug-likeness (QED) is 0.625. The maximum absolute atomic E-state index is 12.7. The molecule has 92 valence electrons. The Hall–Kier alpha value is -1.05. The molecule has 0 aromatic carbocycles. The van der Waals surface area contributed by atoms with Gasteiger partial charge in [-0.3, -0.25) is 15.6 Å². The molecule has 7 heteroatoms. The van der Waals surface area contributed by atoms with Crippen molar-refractivity contribution in [1.29, 1.82) is 0 Å². The van der Waals surface area contributed by atoms with Gasteiger partial charge in [0.15, 0.2) is 0 Å². The minimum Gasteiger partial charge on any atom is -0.294 e. The van der Waals surface area contributed by atoms with Gasteiger partial charge in [-0.05, 0) is 20.2 Å². The monoisotopic (exact) mass is 236 g/mol. The average Bonchev–Trinajstić information content (AvgIpc) is 2.51.